The molecule has 0 bridgehead atoms. The van der Waals surface area contributed by atoms with Crippen molar-refractivity contribution in [3.8, 4) is 0 Å². The van der Waals surface area contributed by atoms with Crippen LogP contribution >= 0.6 is 15.9 Å². The number of nitrogens with one attached hydrogen (secondary N) is 1. The van der Waals surface area contributed by atoms with Gasteiger partial charge in [-0.05, 0) is 58.3 Å². The van der Waals surface area contributed by atoms with E-state index in [1.807, 2.05) is 0 Å². The summed E-state index contributed by atoms with van der Waals surface area (Å²) in [6.07, 6.45) is 7.08. The van der Waals surface area contributed by atoms with E-state index in [1.54, 1.807) is 6.07 Å². The minimum atomic E-state index is -0.167. The van der Waals surface area contributed by atoms with Crippen LogP contribution in [0.3, 0.4) is 0 Å². The summed E-state index contributed by atoms with van der Waals surface area (Å²) in [7, 11) is 0. The average Bonchev–Trinajstić information content (AvgIpc) is 2.74. The van der Waals surface area contributed by atoms with Crippen molar-refractivity contribution in [1.82, 2.24) is 4.98 Å². The zero-order valence-electron chi connectivity index (χ0n) is 10.5. The third kappa shape index (κ3) is 2.09. The number of H-pyrrole nitrogens is 1. The van der Waals surface area contributed by atoms with Gasteiger partial charge in [-0.15, -0.1) is 0 Å². The lowest BCUT2D eigenvalue weighted by Crippen LogP contribution is -2.10. The van der Waals surface area contributed by atoms with E-state index in [-0.39, 0.29) is 5.82 Å². The highest BCUT2D eigenvalue weighted by molar-refractivity contribution is 9.10. The van der Waals surface area contributed by atoms with Crippen LogP contribution < -0.4 is 0 Å². The fourth-order valence-corrected chi connectivity index (χ4v) is 3.63. The van der Waals surface area contributed by atoms with Crippen molar-refractivity contribution >= 4 is 26.8 Å². The van der Waals surface area contributed by atoms with Gasteiger partial charge in [0.2, 0.25) is 0 Å². The molecule has 1 aromatic heterocycles. The second-order valence-corrected chi connectivity index (χ2v) is 6.37. The average molecular weight is 310 g/mol. The Balaban J connectivity index is 2.02. The Kier molecular flexibility index (Phi) is 3.18. The molecule has 1 nitrogen and oxygen atoms in total. The predicted octanol–water partition coefficient (Wildman–Crippen LogP) is 5.36. The van der Waals surface area contributed by atoms with E-state index in [9.17, 15) is 4.39 Å². The minimum Gasteiger partial charge on any atom is -0.360 e. The van der Waals surface area contributed by atoms with Gasteiger partial charge in [-0.2, -0.15) is 0 Å². The van der Waals surface area contributed by atoms with Crippen LogP contribution in [-0.2, 0) is 0 Å². The maximum Gasteiger partial charge on any atom is 0.125 e. The second-order valence-electron chi connectivity index (χ2n) is 5.51. The second kappa shape index (κ2) is 4.69. The molecule has 18 heavy (non-hydrogen) atoms. The summed E-state index contributed by atoms with van der Waals surface area (Å²) in [6.45, 7) is 2.32. The molecule has 0 spiro atoms. The molecule has 1 aliphatic rings. The molecular formula is C15H17BrFN. The van der Waals surface area contributed by atoms with Crippen LogP contribution in [-0.4, -0.2) is 4.98 Å². The summed E-state index contributed by atoms with van der Waals surface area (Å²) >= 11 is 3.42. The van der Waals surface area contributed by atoms with Gasteiger partial charge in [-0.25, -0.2) is 4.39 Å². The maximum absolute atomic E-state index is 13.5. The van der Waals surface area contributed by atoms with Crippen molar-refractivity contribution < 1.29 is 4.39 Å². The van der Waals surface area contributed by atoms with Crippen LogP contribution in [0.5, 0.6) is 0 Å². The minimum absolute atomic E-state index is 0.167. The van der Waals surface area contributed by atoms with E-state index in [4.69, 9.17) is 0 Å². The van der Waals surface area contributed by atoms with Crippen LogP contribution in [0.1, 0.15) is 44.1 Å². The Morgan fingerprint density at radius 2 is 1.94 bits per heavy atom. The normalized spacial score (nSPS) is 24.6. The van der Waals surface area contributed by atoms with Gasteiger partial charge in [-0.3, -0.25) is 0 Å². The molecule has 3 rings (SSSR count). The fourth-order valence-electron chi connectivity index (χ4n) is 3.08. The van der Waals surface area contributed by atoms with Crippen molar-refractivity contribution in [2.45, 2.75) is 38.5 Å². The Hall–Kier alpha value is -0.830. The van der Waals surface area contributed by atoms with Crippen molar-refractivity contribution in [1.29, 1.82) is 0 Å². The van der Waals surface area contributed by atoms with E-state index >= 15 is 0 Å². The molecule has 0 amide bonds. The quantitative estimate of drug-likeness (QED) is 0.729. The largest absolute Gasteiger partial charge is 0.360 e. The number of fused-ring (bicyclic) bond motifs is 1. The van der Waals surface area contributed by atoms with Gasteiger partial charge in [0, 0.05) is 16.1 Å². The van der Waals surface area contributed by atoms with Crippen molar-refractivity contribution in [3.63, 3.8) is 0 Å². The summed E-state index contributed by atoms with van der Waals surface area (Å²) in [6, 6.07) is 3.18. The molecule has 2 aromatic rings. The molecule has 1 heterocycles. The van der Waals surface area contributed by atoms with Crippen LogP contribution in [0.25, 0.3) is 10.9 Å². The van der Waals surface area contributed by atoms with Crippen LogP contribution in [0.2, 0.25) is 0 Å². The molecule has 1 aliphatic carbocycles. The first-order chi connectivity index (χ1) is 8.65. The maximum atomic E-state index is 13.5. The van der Waals surface area contributed by atoms with Gasteiger partial charge >= 0.3 is 0 Å². The van der Waals surface area contributed by atoms with Gasteiger partial charge in [0.05, 0.1) is 5.52 Å². The van der Waals surface area contributed by atoms with Crippen molar-refractivity contribution in [3.05, 3.63) is 34.2 Å². The Morgan fingerprint density at radius 1 is 1.22 bits per heavy atom. The highest BCUT2D eigenvalue weighted by Gasteiger charge is 2.22. The molecule has 1 saturated carbocycles. The first-order valence-electron chi connectivity index (χ1n) is 6.61. The SMILES string of the molecule is CC1CCC(c2c[nH]c3c(Br)cc(F)cc23)CC1. The van der Waals surface area contributed by atoms with Crippen LogP contribution in [0.15, 0.2) is 22.8 Å². The molecule has 1 N–H and O–H groups in total. The smallest absolute Gasteiger partial charge is 0.125 e. The molecule has 0 aliphatic heterocycles. The summed E-state index contributed by atoms with van der Waals surface area (Å²) in [5.74, 6) is 1.26. The van der Waals surface area contributed by atoms with Crippen LogP contribution in [0, 0.1) is 11.7 Å². The van der Waals surface area contributed by atoms with Crippen molar-refractivity contribution in [2.24, 2.45) is 5.92 Å². The number of aromatic nitrogens is 1. The lowest BCUT2D eigenvalue weighted by Gasteiger charge is -2.25. The Labute approximate surface area is 115 Å². The van der Waals surface area contributed by atoms with E-state index in [0.717, 1.165) is 21.3 Å². The number of aromatic amines is 1. The zero-order chi connectivity index (χ0) is 12.7. The van der Waals surface area contributed by atoms with E-state index in [2.05, 4.69) is 34.0 Å². The van der Waals surface area contributed by atoms with Gasteiger partial charge in [-0.1, -0.05) is 19.8 Å². The van der Waals surface area contributed by atoms with E-state index < -0.39 is 0 Å². The van der Waals surface area contributed by atoms with E-state index in [1.165, 1.54) is 37.3 Å². The third-order valence-corrected chi connectivity index (χ3v) is 4.82. The zero-order valence-corrected chi connectivity index (χ0v) is 12.1. The first-order valence-corrected chi connectivity index (χ1v) is 7.40. The summed E-state index contributed by atoms with van der Waals surface area (Å²) in [5, 5.41) is 1.04. The molecule has 0 radical (unpaired) electrons. The predicted molar refractivity (Wildman–Crippen MR) is 76.3 cm³/mol. The number of hydrogen-bond acceptors (Lipinski definition) is 0. The number of hydrogen-bond donors (Lipinski definition) is 1. The number of rotatable bonds is 1. The summed E-state index contributed by atoms with van der Waals surface area (Å²) < 4.78 is 14.4. The highest BCUT2D eigenvalue weighted by Crippen LogP contribution is 2.39. The molecule has 1 fully saturated rings. The Morgan fingerprint density at radius 3 is 2.67 bits per heavy atom. The first kappa shape index (κ1) is 12.2. The number of halogens is 2. The van der Waals surface area contributed by atoms with Crippen LogP contribution in [0.4, 0.5) is 4.39 Å². The third-order valence-electron chi connectivity index (χ3n) is 4.19. The monoisotopic (exact) mass is 309 g/mol. The molecule has 0 saturated heterocycles. The topological polar surface area (TPSA) is 15.8 Å². The van der Waals surface area contributed by atoms with Gasteiger partial charge in [0.25, 0.3) is 0 Å². The lowest BCUT2D eigenvalue weighted by atomic mass is 9.79. The van der Waals surface area contributed by atoms with Gasteiger partial charge in [0.1, 0.15) is 5.82 Å². The molecular weight excluding hydrogens is 293 g/mol. The summed E-state index contributed by atoms with van der Waals surface area (Å²) in [4.78, 5) is 3.28. The molecule has 1 aromatic carbocycles. The molecule has 0 unspecified atom stereocenters. The van der Waals surface area contributed by atoms with Gasteiger partial charge < -0.3 is 4.98 Å². The molecule has 3 heteroatoms. The lowest BCUT2D eigenvalue weighted by molar-refractivity contribution is 0.349. The summed E-state index contributed by atoms with van der Waals surface area (Å²) in [5.41, 5.74) is 2.31. The highest BCUT2D eigenvalue weighted by atomic mass is 79.9. The fraction of sp³-hybridized carbons (Fsp3) is 0.467. The number of benzene rings is 1. The van der Waals surface area contributed by atoms with Crippen molar-refractivity contribution in [2.75, 3.05) is 0 Å². The molecule has 96 valence electrons. The van der Waals surface area contributed by atoms with Gasteiger partial charge in [0.15, 0.2) is 0 Å². The van der Waals surface area contributed by atoms with E-state index in [0.29, 0.717) is 5.92 Å². The molecule has 0 atom stereocenters. The Bertz CT molecular complexity index is 567. The standard InChI is InChI=1S/C15H17BrFN/c1-9-2-4-10(5-3-9)13-8-18-15-12(13)6-11(17)7-14(15)16/h6-10,18H,2-5H2,1H3.